The Morgan fingerprint density at radius 1 is 0.806 bits per heavy atom. The molecule has 6 heteroatoms. The minimum atomic E-state index is -0.508. The van der Waals surface area contributed by atoms with Crippen molar-refractivity contribution >= 4 is 18.3 Å². The molecule has 0 aromatic heterocycles. The van der Waals surface area contributed by atoms with Gasteiger partial charge in [0.25, 0.3) is 0 Å². The van der Waals surface area contributed by atoms with Gasteiger partial charge in [0.15, 0.2) is 0 Å². The Balaban J connectivity index is 0.000000196. The molecule has 0 aromatic rings. The van der Waals surface area contributed by atoms with Crippen LogP contribution in [0.3, 0.4) is 0 Å². The molecule has 0 saturated heterocycles. The van der Waals surface area contributed by atoms with E-state index in [1.54, 1.807) is 81.7 Å². The van der Waals surface area contributed by atoms with Gasteiger partial charge in [-0.3, -0.25) is 0 Å². The maximum absolute atomic E-state index is 11.0. The third-order valence-electron chi connectivity index (χ3n) is 7.42. The minimum absolute atomic E-state index is 0.0272. The van der Waals surface area contributed by atoms with Gasteiger partial charge < -0.3 is 0 Å². The van der Waals surface area contributed by atoms with Gasteiger partial charge in [0.1, 0.15) is 0 Å². The quantitative estimate of drug-likeness (QED) is 0.171. The summed E-state index contributed by atoms with van der Waals surface area (Å²) in [6, 6.07) is 0. The van der Waals surface area contributed by atoms with Crippen molar-refractivity contribution in [1.82, 2.24) is 0 Å². The van der Waals surface area contributed by atoms with Crippen LogP contribution in [0.4, 0.5) is 0 Å². The zero-order chi connectivity index (χ0) is 22.1. The van der Waals surface area contributed by atoms with Crippen LogP contribution in [0.5, 0.6) is 0 Å². The molecule has 4 nitrogen and oxygen atoms in total. The summed E-state index contributed by atoms with van der Waals surface area (Å²) in [7, 11) is 0.385. The van der Waals surface area contributed by atoms with Gasteiger partial charge in [0.2, 0.25) is 0 Å². The van der Waals surface area contributed by atoms with E-state index in [1.807, 2.05) is 0 Å². The molecule has 3 fully saturated rings. The normalized spacial score (nSPS) is 26.2. The molecule has 4 aliphatic carbocycles. The van der Waals surface area contributed by atoms with E-state index >= 15 is 0 Å². The predicted octanol–water partition coefficient (Wildman–Crippen LogP) is 6.72. The van der Waals surface area contributed by atoms with Gasteiger partial charge in [0.05, 0.1) is 0 Å². The second-order valence-electron chi connectivity index (χ2n) is 9.55. The Morgan fingerprint density at radius 2 is 1.23 bits per heavy atom. The van der Waals surface area contributed by atoms with E-state index in [-0.39, 0.29) is 11.5 Å². The monoisotopic (exact) mass is 533 g/mol. The third kappa shape index (κ3) is 7.50. The van der Waals surface area contributed by atoms with Gasteiger partial charge in [-0.05, 0) is 55.5 Å². The van der Waals surface area contributed by atoms with Crippen LogP contribution in [-0.4, -0.2) is 32.3 Å². The topological polar surface area (TPSA) is 60.2 Å². The summed E-state index contributed by atoms with van der Waals surface area (Å²) in [5.41, 5.74) is 3.54. The van der Waals surface area contributed by atoms with Gasteiger partial charge >= 0.3 is 77.9 Å². The standard InChI is InChI=1S/C18H33P.C7H5NO3.Ru/c1-4-10-16(11-5-1)19(17-12-6-2-7-13-17)18-14-8-3-9-15-18;1-5-4-6(8(10)11)2-3-7(5)9;/h16-18H,1-15H2;1-5H;. The van der Waals surface area contributed by atoms with E-state index < -0.39 is 10.8 Å². The van der Waals surface area contributed by atoms with Crippen LogP contribution in [0.25, 0.3) is 0 Å². The summed E-state index contributed by atoms with van der Waals surface area (Å²) in [5.74, 6) is -0.592. The van der Waals surface area contributed by atoms with E-state index in [0.29, 0.717) is 7.92 Å². The number of rotatable bonds is 5. The van der Waals surface area contributed by atoms with Crippen LogP contribution in [-0.2, 0) is 22.6 Å². The van der Waals surface area contributed by atoms with E-state index in [9.17, 15) is 14.9 Å². The SMILES string of the molecule is C1CCC(P(C2CCCCC2)C2CCCCC2)CC1.O=C1C=CC([N+](=O)[O-])=CC1[CH]=[Ru]. The van der Waals surface area contributed by atoms with Gasteiger partial charge in [-0.25, -0.2) is 0 Å². The van der Waals surface area contributed by atoms with Crippen molar-refractivity contribution in [1.29, 1.82) is 0 Å². The number of hydrogen-bond acceptors (Lipinski definition) is 3. The number of allylic oxidation sites excluding steroid dienone is 3. The molecule has 0 aliphatic heterocycles. The molecule has 0 radical (unpaired) electrons. The second kappa shape index (κ2) is 13.2. The van der Waals surface area contributed by atoms with Crippen LogP contribution >= 0.6 is 7.92 Å². The van der Waals surface area contributed by atoms with Crippen molar-refractivity contribution in [3.63, 3.8) is 0 Å². The Hall–Kier alpha value is -0.527. The van der Waals surface area contributed by atoms with E-state index in [2.05, 4.69) is 17.9 Å². The van der Waals surface area contributed by atoms with Crippen LogP contribution < -0.4 is 0 Å². The molecule has 0 amide bonds. The van der Waals surface area contributed by atoms with E-state index in [4.69, 9.17) is 0 Å². The van der Waals surface area contributed by atoms with Crippen molar-refractivity contribution in [2.24, 2.45) is 5.92 Å². The molecule has 3 saturated carbocycles. The molecule has 0 N–H and O–H groups in total. The maximum atomic E-state index is 11.0. The molecule has 0 aromatic carbocycles. The number of carbonyl (C=O) groups is 1. The average molecular weight is 533 g/mol. The van der Waals surface area contributed by atoms with Gasteiger partial charge in [-0.15, -0.1) is 0 Å². The first-order chi connectivity index (χ1) is 15.1. The van der Waals surface area contributed by atoms with Crippen LogP contribution in [0.15, 0.2) is 23.9 Å². The van der Waals surface area contributed by atoms with Gasteiger partial charge in [-0.2, -0.15) is 0 Å². The summed E-state index contributed by atoms with van der Waals surface area (Å²) in [4.78, 5) is 20.8. The van der Waals surface area contributed by atoms with Crippen LogP contribution in [0.1, 0.15) is 96.3 Å². The van der Waals surface area contributed by atoms with Crippen molar-refractivity contribution < 1.29 is 27.6 Å². The van der Waals surface area contributed by atoms with Crippen molar-refractivity contribution in [2.75, 3.05) is 0 Å². The molecule has 1 atom stereocenters. The number of nitrogens with zero attached hydrogens (tertiary/aromatic N) is 1. The fourth-order valence-electron chi connectivity index (χ4n) is 5.85. The first-order valence-corrected chi connectivity index (χ1v) is 14.9. The van der Waals surface area contributed by atoms with Crippen molar-refractivity contribution in [3.05, 3.63) is 34.0 Å². The Labute approximate surface area is 198 Å². The van der Waals surface area contributed by atoms with Crippen LogP contribution in [0.2, 0.25) is 0 Å². The molecule has 4 aliphatic rings. The third-order valence-corrected chi connectivity index (χ3v) is 12.1. The average Bonchev–Trinajstić information content (AvgIpc) is 2.82. The zero-order valence-electron chi connectivity index (χ0n) is 18.7. The Morgan fingerprint density at radius 3 is 1.58 bits per heavy atom. The molecule has 31 heavy (non-hydrogen) atoms. The predicted molar refractivity (Wildman–Crippen MR) is 126 cm³/mol. The fourth-order valence-corrected chi connectivity index (χ4v) is 11.0. The molecule has 1 unspecified atom stereocenters. The van der Waals surface area contributed by atoms with Gasteiger partial charge in [-0.1, -0.05) is 65.7 Å². The van der Waals surface area contributed by atoms with Gasteiger partial charge in [0, 0.05) is 0 Å². The Bertz CT molecular complexity index is 631. The first kappa shape index (κ1) is 25.1. The summed E-state index contributed by atoms with van der Waals surface area (Å²) < 4.78 is 1.56. The molecule has 4 rings (SSSR count). The van der Waals surface area contributed by atoms with E-state index in [0.717, 1.165) is 0 Å². The molecule has 0 bridgehead atoms. The zero-order valence-corrected chi connectivity index (χ0v) is 21.3. The summed E-state index contributed by atoms with van der Waals surface area (Å²) in [5, 5.41) is 10.3. The fraction of sp³-hybridized carbons (Fsp3) is 0.760. The number of hydrogen-bond donors (Lipinski definition) is 0. The molecule has 174 valence electrons. The summed E-state index contributed by atoms with van der Waals surface area (Å²) in [6.07, 6.45) is 27.4. The molecular weight excluding hydrogens is 494 g/mol. The number of nitro groups is 1. The molecule has 0 heterocycles. The molecular formula is C25H38NO3PRu. The summed E-state index contributed by atoms with van der Waals surface area (Å²) in [6.45, 7) is 0. The molecule has 0 spiro atoms. The Kier molecular flexibility index (Phi) is 10.7. The van der Waals surface area contributed by atoms with Crippen molar-refractivity contribution in [2.45, 2.75) is 113 Å². The van der Waals surface area contributed by atoms with Crippen LogP contribution in [0, 0.1) is 16.0 Å². The van der Waals surface area contributed by atoms with E-state index in [1.165, 1.54) is 54.5 Å². The van der Waals surface area contributed by atoms with Crippen molar-refractivity contribution in [3.8, 4) is 0 Å². The number of ketones is 1. The first-order valence-electron chi connectivity index (χ1n) is 12.4. The second-order valence-corrected chi connectivity index (χ2v) is 13.2. The summed E-state index contributed by atoms with van der Waals surface area (Å²) >= 11 is 2.18. The number of carbonyl (C=O) groups excluding carboxylic acids is 1.